The van der Waals surface area contributed by atoms with Crippen molar-refractivity contribution in [2.24, 2.45) is 0 Å². The number of benzene rings is 5. The van der Waals surface area contributed by atoms with Crippen molar-refractivity contribution in [3.63, 3.8) is 0 Å². The first-order valence-corrected chi connectivity index (χ1v) is 10.5. The van der Waals surface area contributed by atoms with E-state index in [-0.39, 0.29) is 0 Å². The molecule has 0 spiro atoms. The summed E-state index contributed by atoms with van der Waals surface area (Å²) in [7, 11) is 0. The first-order valence-electron chi connectivity index (χ1n) is 9.32. The van der Waals surface area contributed by atoms with Crippen LogP contribution in [-0.2, 0) is 0 Å². The van der Waals surface area contributed by atoms with Gasteiger partial charge in [-0.3, -0.25) is 0 Å². The molecule has 1 heterocycles. The Bertz CT molecular complexity index is 1510. The van der Waals surface area contributed by atoms with Gasteiger partial charge in [0, 0.05) is 20.9 Å². The van der Waals surface area contributed by atoms with Crippen molar-refractivity contribution in [2.75, 3.05) is 0 Å². The largest absolute Gasteiger partial charge is 0.133 e. The van der Waals surface area contributed by atoms with Crippen molar-refractivity contribution in [1.29, 1.82) is 0 Å². The standard InChI is InChI=1S/C26H15ClS/c27-22-15-14-17(16-8-2-1-3-9-16)23-24-20-12-6-4-10-18(20)19-11-5-7-13-21(19)25(24)28-26(22)23/h1-15H. The molecule has 1 aromatic heterocycles. The Balaban J connectivity index is 1.95. The summed E-state index contributed by atoms with van der Waals surface area (Å²) in [5.41, 5.74) is 2.47. The highest BCUT2D eigenvalue weighted by molar-refractivity contribution is 7.27. The van der Waals surface area contributed by atoms with Gasteiger partial charge in [0.25, 0.3) is 0 Å². The second-order valence-electron chi connectivity index (χ2n) is 7.06. The summed E-state index contributed by atoms with van der Waals surface area (Å²) in [6.07, 6.45) is 0. The lowest BCUT2D eigenvalue weighted by atomic mass is 9.94. The van der Waals surface area contributed by atoms with Gasteiger partial charge in [0.05, 0.1) is 9.72 Å². The van der Waals surface area contributed by atoms with Crippen molar-refractivity contribution >= 4 is 64.7 Å². The van der Waals surface area contributed by atoms with Gasteiger partial charge in [-0.1, -0.05) is 96.5 Å². The topological polar surface area (TPSA) is 0 Å². The number of hydrogen-bond acceptors (Lipinski definition) is 1. The summed E-state index contributed by atoms with van der Waals surface area (Å²) in [6.45, 7) is 0. The van der Waals surface area contributed by atoms with Crippen molar-refractivity contribution in [3.8, 4) is 11.1 Å². The van der Waals surface area contributed by atoms with Crippen LogP contribution >= 0.6 is 22.9 Å². The van der Waals surface area contributed by atoms with Gasteiger partial charge in [0.1, 0.15) is 0 Å². The Kier molecular flexibility index (Phi) is 3.49. The molecule has 28 heavy (non-hydrogen) atoms. The van der Waals surface area contributed by atoms with E-state index in [1.165, 1.54) is 52.8 Å². The second kappa shape index (κ2) is 6.07. The highest BCUT2D eigenvalue weighted by Crippen LogP contribution is 2.48. The van der Waals surface area contributed by atoms with Crippen LogP contribution in [0, 0.1) is 0 Å². The Hall–Kier alpha value is -2.87. The van der Waals surface area contributed by atoms with Crippen molar-refractivity contribution < 1.29 is 0 Å². The number of hydrogen-bond donors (Lipinski definition) is 0. The molecule has 0 radical (unpaired) electrons. The molecule has 0 saturated heterocycles. The Morgan fingerprint density at radius 1 is 0.500 bits per heavy atom. The molecule has 2 heteroatoms. The van der Waals surface area contributed by atoms with Crippen LogP contribution in [0.3, 0.4) is 0 Å². The van der Waals surface area contributed by atoms with Crippen LogP contribution in [0.1, 0.15) is 0 Å². The molecule has 0 aliphatic heterocycles. The monoisotopic (exact) mass is 394 g/mol. The highest BCUT2D eigenvalue weighted by Gasteiger charge is 2.18. The summed E-state index contributed by atoms with van der Waals surface area (Å²) < 4.78 is 2.48. The molecule has 5 aromatic carbocycles. The maximum Gasteiger partial charge on any atom is 0.0585 e. The third kappa shape index (κ3) is 2.18. The maximum atomic E-state index is 6.70. The maximum absolute atomic E-state index is 6.70. The van der Waals surface area contributed by atoms with Gasteiger partial charge in [0.15, 0.2) is 0 Å². The van der Waals surface area contributed by atoms with E-state index < -0.39 is 0 Å². The zero-order valence-electron chi connectivity index (χ0n) is 14.9. The van der Waals surface area contributed by atoms with Crippen molar-refractivity contribution in [1.82, 2.24) is 0 Å². The molecule has 0 saturated carbocycles. The molecule has 0 unspecified atom stereocenters. The van der Waals surface area contributed by atoms with E-state index in [9.17, 15) is 0 Å². The average Bonchev–Trinajstić information content (AvgIpc) is 3.17. The van der Waals surface area contributed by atoms with E-state index in [0.29, 0.717) is 0 Å². The van der Waals surface area contributed by atoms with E-state index in [0.717, 1.165) is 5.02 Å². The summed E-state index contributed by atoms with van der Waals surface area (Å²) >= 11 is 8.51. The van der Waals surface area contributed by atoms with Gasteiger partial charge in [-0.15, -0.1) is 11.3 Å². The molecule has 0 aliphatic rings. The quantitative estimate of drug-likeness (QED) is 0.245. The fourth-order valence-electron chi connectivity index (χ4n) is 4.33. The van der Waals surface area contributed by atoms with E-state index in [1.807, 2.05) is 17.4 Å². The van der Waals surface area contributed by atoms with Crippen LogP contribution in [-0.4, -0.2) is 0 Å². The minimum Gasteiger partial charge on any atom is -0.133 e. The second-order valence-corrected chi connectivity index (χ2v) is 8.49. The van der Waals surface area contributed by atoms with E-state index in [4.69, 9.17) is 11.6 Å². The summed E-state index contributed by atoms with van der Waals surface area (Å²) in [5, 5.41) is 8.59. The Labute approximate surface area is 171 Å². The van der Waals surface area contributed by atoms with Crippen molar-refractivity contribution in [3.05, 3.63) is 96.0 Å². The van der Waals surface area contributed by atoms with Crippen LogP contribution in [0.15, 0.2) is 91.0 Å². The molecule has 0 amide bonds. The van der Waals surface area contributed by atoms with Gasteiger partial charge >= 0.3 is 0 Å². The number of fused-ring (bicyclic) bond motifs is 8. The van der Waals surface area contributed by atoms with Crippen LogP contribution in [0.25, 0.3) is 52.8 Å². The van der Waals surface area contributed by atoms with E-state index in [2.05, 4.69) is 84.9 Å². The summed E-state index contributed by atoms with van der Waals surface area (Å²) in [5.74, 6) is 0. The smallest absolute Gasteiger partial charge is 0.0585 e. The predicted molar refractivity (Wildman–Crippen MR) is 125 cm³/mol. The molecule has 0 atom stereocenters. The molecule has 0 N–H and O–H groups in total. The minimum absolute atomic E-state index is 0.823. The molecule has 0 fully saturated rings. The molecule has 0 nitrogen and oxygen atoms in total. The van der Waals surface area contributed by atoms with E-state index >= 15 is 0 Å². The molecule has 6 rings (SSSR count). The number of halogens is 1. The normalized spacial score (nSPS) is 11.8. The first kappa shape index (κ1) is 16.1. The van der Waals surface area contributed by atoms with Crippen LogP contribution in [0.5, 0.6) is 0 Å². The molecule has 6 aromatic rings. The SMILES string of the molecule is Clc1ccc(-c2ccccc2)c2c1sc1c3ccccc3c3ccccc3c12. The zero-order valence-corrected chi connectivity index (χ0v) is 16.5. The molecular weight excluding hydrogens is 380 g/mol. The minimum atomic E-state index is 0.823. The highest BCUT2D eigenvalue weighted by atomic mass is 35.5. The van der Waals surface area contributed by atoms with Gasteiger partial charge in [-0.25, -0.2) is 0 Å². The Morgan fingerprint density at radius 2 is 1.11 bits per heavy atom. The fourth-order valence-corrected chi connectivity index (χ4v) is 5.89. The van der Waals surface area contributed by atoms with Crippen LogP contribution in [0.2, 0.25) is 5.02 Å². The van der Waals surface area contributed by atoms with Crippen molar-refractivity contribution in [2.45, 2.75) is 0 Å². The molecule has 0 bridgehead atoms. The number of thiophene rings is 1. The van der Waals surface area contributed by atoms with Gasteiger partial charge in [0.2, 0.25) is 0 Å². The average molecular weight is 395 g/mol. The van der Waals surface area contributed by atoms with Gasteiger partial charge in [-0.2, -0.15) is 0 Å². The lowest BCUT2D eigenvalue weighted by Gasteiger charge is -2.09. The van der Waals surface area contributed by atoms with Gasteiger partial charge < -0.3 is 0 Å². The first-order chi connectivity index (χ1) is 13.8. The molecule has 0 aliphatic carbocycles. The predicted octanol–water partition coefficient (Wildman–Crippen LogP) is 8.68. The number of rotatable bonds is 1. The summed E-state index contributed by atoms with van der Waals surface area (Å²) in [6, 6.07) is 32.2. The van der Waals surface area contributed by atoms with Gasteiger partial charge in [-0.05, 0) is 33.4 Å². The molecular formula is C26H15ClS. The summed E-state index contributed by atoms with van der Waals surface area (Å²) in [4.78, 5) is 0. The lowest BCUT2D eigenvalue weighted by Crippen LogP contribution is -1.82. The Morgan fingerprint density at radius 3 is 1.86 bits per heavy atom. The van der Waals surface area contributed by atoms with Crippen LogP contribution < -0.4 is 0 Å². The lowest BCUT2D eigenvalue weighted by molar-refractivity contribution is 1.67. The van der Waals surface area contributed by atoms with E-state index in [1.54, 1.807) is 0 Å². The third-order valence-corrected chi connectivity index (χ3v) is 7.22. The third-order valence-electron chi connectivity index (χ3n) is 5.53. The zero-order chi connectivity index (χ0) is 18.7. The molecule has 132 valence electrons. The fraction of sp³-hybridized carbons (Fsp3) is 0. The van der Waals surface area contributed by atoms with Crippen LogP contribution in [0.4, 0.5) is 0 Å².